The Balaban J connectivity index is 1.30. The molecule has 0 amide bonds. The summed E-state index contributed by atoms with van der Waals surface area (Å²) in [7, 11) is 3.90. The Morgan fingerprint density at radius 3 is 2.44 bits per heavy atom. The summed E-state index contributed by atoms with van der Waals surface area (Å²) in [6.07, 6.45) is 6.09. The summed E-state index contributed by atoms with van der Waals surface area (Å²) >= 11 is 0. The maximum absolute atomic E-state index is 6.19. The van der Waals surface area contributed by atoms with Gasteiger partial charge >= 0.3 is 6.01 Å². The van der Waals surface area contributed by atoms with Crippen LogP contribution >= 0.6 is 0 Å². The Hall–Kier alpha value is -3.72. The smallest absolute Gasteiger partial charge is 0.320 e. The number of likely N-dealkylation sites (tertiary alicyclic amines) is 1. The zero-order valence-corrected chi connectivity index (χ0v) is 19.7. The molecule has 3 aromatic heterocycles. The van der Waals surface area contributed by atoms with Gasteiger partial charge in [0.2, 0.25) is 0 Å². The van der Waals surface area contributed by atoms with E-state index in [0.29, 0.717) is 24.6 Å². The minimum atomic E-state index is 0.232. The van der Waals surface area contributed by atoms with Gasteiger partial charge in [-0.15, -0.1) is 0 Å². The van der Waals surface area contributed by atoms with Crippen LogP contribution in [0.25, 0.3) is 11.0 Å². The van der Waals surface area contributed by atoms with Gasteiger partial charge in [0.05, 0.1) is 18.1 Å². The first kappa shape index (κ1) is 22.1. The Labute approximate surface area is 199 Å². The van der Waals surface area contributed by atoms with Crippen LogP contribution in [0.15, 0.2) is 48.8 Å². The molecule has 4 aromatic rings. The Morgan fingerprint density at radius 1 is 0.971 bits per heavy atom. The third-order valence-corrected chi connectivity index (χ3v) is 6.10. The van der Waals surface area contributed by atoms with E-state index < -0.39 is 0 Å². The maximum atomic E-state index is 6.19. The lowest BCUT2D eigenvalue weighted by atomic mass is 10.1. The Kier molecular flexibility index (Phi) is 6.27. The third kappa shape index (κ3) is 4.94. The van der Waals surface area contributed by atoms with Crippen LogP contribution < -0.4 is 15.4 Å². The van der Waals surface area contributed by atoms with Gasteiger partial charge in [-0.1, -0.05) is 24.3 Å². The molecule has 1 saturated heterocycles. The lowest BCUT2D eigenvalue weighted by Gasteiger charge is -2.14. The van der Waals surface area contributed by atoms with Crippen LogP contribution in [-0.2, 0) is 19.7 Å². The second-order valence-electron chi connectivity index (χ2n) is 8.94. The number of nitrogen functional groups attached to an aromatic ring is 1. The molecular weight excluding hydrogens is 428 g/mol. The number of nitrogens with two attached hydrogens (primary N) is 1. The summed E-state index contributed by atoms with van der Waals surface area (Å²) in [5.41, 5.74) is 10.3. The van der Waals surface area contributed by atoms with Gasteiger partial charge in [-0.2, -0.15) is 15.1 Å². The fourth-order valence-corrected chi connectivity index (χ4v) is 4.20. The highest BCUT2D eigenvalue weighted by Gasteiger charge is 2.14. The number of benzene rings is 1. The van der Waals surface area contributed by atoms with Crippen molar-refractivity contribution >= 4 is 22.7 Å². The number of pyridine rings is 1. The fraction of sp³-hybridized carbons (Fsp3) is 0.360. The Morgan fingerprint density at radius 2 is 1.71 bits per heavy atom. The highest BCUT2D eigenvalue weighted by Crippen LogP contribution is 2.22. The summed E-state index contributed by atoms with van der Waals surface area (Å²) in [4.78, 5) is 17.7. The molecule has 176 valence electrons. The molecule has 0 saturated carbocycles. The van der Waals surface area contributed by atoms with Gasteiger partial charge < -0.3 is 15.4 Å². The average molecular weight is 459 g/mol. The largest absolute Gasteiger partial charge is 0.458 e. The number of fused-ring (bicyclic) bond motifs is 1. The molecular formula is C25H30N8O. The molecule has 1 aliphatic heterocycles. The van der Waals surface area contributed by atoms with Crippen LogP contribution in [0.2, 0.25) is 0 Å². The van der Waals surface area contributed by atoms with Crippen molar-refractivity contribution in [3.63, 3.8) is 0 Å². The lowest BCUT2D eigenvalue weighted by molar-refractivity contribution is 0.282. The van der Waals surface area contributed by atoms with Crippen molar-refractivity contribution in [3.8, 4) is 6.01 Å². The monoisotopic (exact) mass is 458 g/mol. The van der Waals surface area contributed by atoms with Gasteiger partial charge in [0.15, 0.2) is 5.65 Å². The number of hydrogen-bond donors (Lipinski definition) is 1. The minimum Gasteiger partial charge on any atom is -0.458 e. The van der Waals surface area contributed by atoms with E-state index in [1.165, 1.54) is 31.5 Å². The standard InChI is InChI=1S/C25H30N8O/c1-31(2)22-13-20(9-10-27-22)17-34-25-29-23(26)21-14-28-33(24(21)30-25)16-19-7-5-18(6-8-19)15-32-11-3-4-12-32/h5-10,13-14H,3-4,11-12,15-17H2,1-2H3,(H2,26,29,30). The molecule has 9 heteroatoms. The van der Waals surface area contributed by atoms with Gasteiger partial charge in [-0.25, -0.2) is 9.67 Å². The zero-order chi connectivity index (χ0) is 23.5. The van der Waals surface area contributed by atoms with Gasteiger partial charge in [0.1, 0.15) is 18.2 Å². The number of hydrogen-bond acceptors (Lipinski definition) is 8. The van der Waals surface area contributed by atoms with E-state index in [1.54, 1.807) is 12.4 Å². The number of anilines is 2. The van der Waals surface area contributed by atoms with Gasteiger partial charge in [-0.05, 0) is 54.8 Å². The molecule has 1 fully saturated rings. The van der Waals surface area contributed by atoms with Gasteiger partial charge in [-0.3, -0.25) is 4.90 Å². The molecule has 0 radical (unpaired) electrons. The molecule has 0 bridgehead atoms. The first-order chi connectivity index (χ1) is 16.5. The van der Waals surface area contributed by atoms with Gasteiger partial charge in [0.25, 0.3) is 0 Å². The van der Waals surface area contributed by atoms with Crippen LogP contribution in [0.5, 0.6) is 6.01 Å². The highest BCUT2D eigenvalue weighted by molar-refractivity contribution is 5.85. The topological polar surface area (TPSA) is 98.2 Å². The van der Waals surface area contributed by atoms with Crippen molar-refractivity contribution in [2.45, 2.75) is 32.5 Å². The van der Waals surface area contributed by atoms with E-state index in [9.17, 15) is 0 Å². The number of ether oxygens (including phenoxy) is 1. The Bertz CT molecular complexity index is 1260. The van der Waals surface area contributed by atoms with E-state index in [2.05, 4.69) is 49.2 Å². The fourth-order valence-electron chi connectivity index (χ4n) is 4.20. The van der Waals surface area contributed by atoms with E-state index >= 15 is 0 Å². The molecule has 9 nitrogen and oxygen atoms in total. The lowest BCUT2D eigenvalue weighted by Crippen LogP contribution is -2.18. The van der Waals surface area contributed by atoms with Crippen LogP contribution in [0, 0.1) is 0 Å². The van der Waals surface area contributed by atoms with Crippen molar-refractivity contribution in [3.05, 3.63) is 65.5 Å². The van der Waals surface area contributed by atoms with E-state index in [1.807, 2.05) is 35.8 Å². The first-order valence-electron chi connectivity index (χ1n) is 11.6. The highest BCUT2D eigenvalue weighted by atomic mass is 16.5. The average Bonchev–Trinajstić information content (AvgIpc) is 3.50. The molecule has 0 aliphatic carbocycles. The normalized spacial score (nSPS) is 14.1. The molecule has 34 heavy (non-hydrogen) atoms. The molecule has 0 unspecified atom stereocenters. The molecule has 0 atom stereocenters. The van der Waals surface area contributed by atoms with Crippen LogP contribution in [0.1, 0.15) is 29.5 Å². The molecule has 5 rings (SSSR count). The first-order valence-corrected chi connectivity index (χ1v) is 11.6. The predicted molar refractivity (Wildman–Crippen MR) is 133 cm³/mol. The molecule has 2 N–H and O–H groups in total. The summed E-state index contributed by atoms with van der Waals surface area (Å²) in [6.45, 7) is 4.33. The van der Waals surface area contributed by atoms with Crippen molar-refractivity contribution in [2.75, 3.05) is 37.8 Å². The van der Waals surface area contributed by atoms with Crippen LogP contribution in [-0.4, -0.2) is 56.8 Å². The maximum Gasteiger partial charge on any atom is 0.320 e. The van der Waals surface area contributed by atoms with E-state index in [4.69, 9.17) is 10.5 Å². The van der Waals surface area contributed by atoms with Gasteiger partial charge in [0, 0.05) is 26.8 Å². The van der Waals surface area contributed by atoms with Crippen molar-refractivity contribution in [1.29, 1.82) is 0 Å². The quantitative estimate of drug-likeness (QED) is 0.430. The van der Waals surface area contributed by atoms with Crippen molar-refractivity contribution in [2.24, 2.45) is 0 Å². The minimum absolute atomic E-state index is 0.232. The van der Waals surface area contributed by atoms with E-state index in [0.717, 1.165) is 28.9 Å². The number of nitrogens with zero attached hydrogens (tertiary/aromatic N) is 7. The van der Waals surface area contributed by atoms with E-state index in [-0.39, 0.29) is 6.01 Å². The predicted octanol–water partition coefficient (Wildman–Crippen LogP) is 3.09. The summed E-state index contributed by atoms with van der Waals surface area (Å²) in [6, 6.07) is 12.8. The molecule has 1 aliphatic rings. The summed E-state index contributed by atoms with van der Waals surface area (Å²) in [5, 5.41) is 5.22. The van der Waals surface area contributed by atoms with Crippen LogP contribution in [0.4, 0.5) is 11.6 Å². The summed E-state index contributed by atoms with van der Waals surface area (Å²) < 4.78 is 7.71. The number of rotatable bonds is 8. The van der Waals surface area contributed by atoms with Crippen LogP contribution in [0.3, 0.4) is 0 Å². The zero-order valence-electron chi connectivity index (χ0n) is 19.7. The van der Waals surface area contributed by atoms with Crippen molar-refractivity contribution < 1.29 is 4.74 Å². The third-order valence-electron chi connectivity index (χ3n) is 6.10. The second-order valence-corrected chi connectivity index (χ2v) is 8.94. The molecule has 0 spiro atoms. The van der Waals surface area contributed by atoms with Crippen molar-refractivity contribution in [1.82, 2.24) is 29.6 Å². The number of aromatic nitrogens is 5. The SMILES string of the molecule is CN(C)c1cc(COc2nc(N)c3cnn(Cc4ccc(CN5CCCC5)cc4)c3n2)ccn1. The molecule has 4 heterocycles. The molecule has 1 aromatic carbocycles. The summed E-state index contributed by atoms with van der Waals surface area (Å²) in [5.74, 6) is 1.22. The second kappa shape index (κ2) is 9.64.